The van der Waals surface area contributed by atoms with Crippen molar-refractivity contribution in [2.75, 3.05) is 0 Å². The first kappa shape index (κ1) is 17.7. The second-order valence-electron chi connectivity index (χ2n) is 6.91. The number of benzene rings is 2. The highest BCUT2D eigenvalue weighted by atomic mass is 32.2. The van der Waals surface area contributed by atoms with Gasteiger partial charge in [0, 0.05) is 6.04 Å². The average Bonchev–Trinajstić information content (AvgIpc) is 3.33. The molecule has 1 N–H and O–H groups in total. The molecular weight excluding hydrogens is 358 g/mol. The standard InChI is InChI=1S/C20H21N5OS/c1-13-10-14(2)12-17(11-13)25-20(22-23-24-25)27-18(15-6-4-3-5-7-15)19(26)21-16-8-9-16/h3-7,10-12,16,18H,8-9H2,1-2H3,(H,21,26)/t18-/m1/s1. The molecule has 7 heteroatoms. The molecule has 0 bridgehead atoms. The van der Waals surface area contributed by atoms with E-state index < -0.39 is 5.25 Å². The molecule has 1 amide bonds. The molecule has 1 aliphatic carbocycles. The van der Waals surface area contributed by atoms with E-state index in [4.69, 9.17) is 0 Å². The Morgan fingerprint density at radius 3 is 2.52 bits per heavy atom. The Morgan fingerprint density at radius 1 is 1.15 bits per heavy atom. The third kappa shape index (κ3) is 4.19. The molecular formula is C20H21N5OS. The van der Waals surface area contributed by atoms with Crippen LogP contribution in [0.1, 0.15) is 34.8 Å². The van der Waals surface area contributed by atoms with Crippen LogP contribution in [0.4, 0.5) is 0 Å². The number of amides is 1. The number of tetrazole rings is 1. The summed E-state index contributed by atoms with van der Waals surface area (Å²) < 4.78 is 1.70. The third-order valence-corrected chi connectivity index (χ3v) is 5.57. The number of nitrogens with one attached hydrogen (secondary N) is 1. The van der Waals surface area contributed by atoms with Crippen LogP contribution in [-0.4, -0.2) is 32.2 Å². The van der Waals surface area contributed by atoms with Crippen LogP contribution in [0.15, 0.2) is 53.7 Å². The Labute approximate surface area is 162 Å². The molecule has 0 radical (unpaired) electrons. The Bertz CT molecular complexity index is 932. The summed E-state index contributed by atoms with van der Waals surface area (Å²) >= 11 is 1.37. The summed E-state index contributed by atoms with van der Waals surface area (Å²) in [4.78, 5) is 12.9. The Kier molecular flexibility index (Phi) is 4.94. The van der Waals surface area contributed by atoms with E-state index in [9.17, 15) is 4.79 Å². The third-order valence-electron chi connectivity index (χ3n) is 4.38. The van der Waals surface area contributed by atoms with Gasteiger partial charge in [-0.3, -0.25) is 4.79 Å². The lowest BCUT2D eigenvalue weighted by molar-refractivity contribution is -0.120. The Hall–Kier alpha value is -2.67. The average molecular weight is 379 g/mol. The maximum Gasteiger partial charge on any atom is 0.238 e. The number of hydrogen-bond acceptors (Lipinski definition) is 5. The van der Waals surface area contributed by atoms with Crippen LogP contribution in [0.25, 0.3) is 5.69 Å². The van der Waals surface area contributed by atoms with Gasteiger partial charge in [0.15, 0.2) is 0 Å². The molecule has 6 nitrogen and oxygen atoms in total. The SMILES string of the molecule is Cc1cc(C)cc(-n2nnnc2S[C@@H](C(=O)NC2CC2)c2ccccc2)c1. The normalized spacial score (nSPS) is 14.7. The van der Waals surface area contributed by atoms with Crippen molar-refractivity contribution in [3.05, 3.63) is 65.2 Å². The number of rotatable bonds is 6. The van der Waals surface area contributed by atoms with Gasteiger partial charge in [-0.25, -0.2) is 0 Å². The molecule has 1 fully saturated rings. The summed E-state index contributed by atoms with van der Waals surface area (Å²) in [6.45, 7) is 4.09. The largest absolute Gasteiger partial charge is 0.352 e. The smallest absolute Gasteiger partial charge is 0.238 e. The van der Waals surface area contributed by atoms with Gasteiger partial charge in [0.25, 0.3) is 0 Å². The van der Waals surface area contributed by atoms with Crippen LogP contribution < -0.4 is 5.32 Å². The van der Waals surface area contributed by atoms with E-state index >= 15 is 0 Å². The van der Waals surface area contributed by atoms with Crippen molar-refractivity contribution in [2.45, 2.75) is 43.1 Å². The fourth-order valence-corrected chi connectivity index (χ4v) is 4.00. The van der Waals surface area contributed by atoms with Crippen LogP contribution in [0.3, 0.4) is 0 Å². The summed E-state index contributed by atoms with van der Waals surface area (Å²) in [6.07, 6.45) is 2.11. The minimum Gasteiger partial charge on any atom is -0.352 e. The zero-order chi connectivity index (χ0) is 18.8. The second kappa shape index (κ2) is 7.52. The number of aryl methyl sites for hydroxylation is 2. The van der Waals surface area contributed by atoms with E-state index in [-0.39, 0.29) is 5.91 Å². The van der Waals surface area contributed by atoms with E-state index in [1.165, 1.54) is 11.8 Å². The minimum atomic E-state index is -0.401. The molecule has 27 heavy (non-hydrogen) atoms. The Balaban J connectivity index is 1.65. The second-order valence-corrected chi connectivity index (χ2v) is 7.98. The molecule has 0 unspecified atom stereocenters. The van der Waals surface area contributed by atoms with Crippen molar-refractivity contribution in [1.82, 2.24) is 25.5 Å². The number of hydrogen-bond donors (Lipinski definition) is 1. The maximum atomic E-state index is 12.9. The monoisotopic (exact) mass is 379 g/mol. The van der Waals surface area contributed by atoms with Crippen molar-refractivity contribution in [2.24, 2.45) is 0 Å². The van der Waals surface area contributed by atoms with Crippen molar-refractivity contribution in [3.8, 4) is 5.69 Å². The minimum absolute atomic E-state index is 0.00340. The predicted molar refractivity (Wildman–Crippen MR) is 105 cm³/mol. The highest BCUT2D eigenvalue weighted by Gasteiger charge is 2.30. The number of carbonyl (C=O) groups is 1. The van der Waals surface area contributed by atoms with E-state index in [0.29, 0.717) is 11.2 Å². The van der Waals surface area contributed by atoms with Crippen molar-refractivity contribution >= 4 is 17.7 Å². The lowest BCUT2D eigenvalue weighted by Gasteiger charge is -2.16. The van der Waals surface area contributed by atoms with Crippen LogP contribution in [0.2, 0.25) is 0 Å². The molecule has 1 aromatic heterocycles. The molecule has 1 atom stereocenters. The summed E-state index contributed by atoms with van der Waals surface area (Å²) in [5.74, 6) is 0.00340. The van der Waals surface area contributed by atoms with Crippen LogP contribution in [0.5, 0.6) is 0 Å². The fourth-order valence-electron chi connectivity index (χ4n) is 3.00. The first-order valence-electron chi connectivity index (χ1n) is 8.99. The van der Waals surface area contributed by atoms with Crippen molar-refractivity contribution < 1.29 is 4.79 Å². The van der Waals surface area contributed by atoms with Gasteiger partial charge in [0.1, 0.15) is 5.25 Å². The molecule has 4 rings (SSSR count). The van der Waals surface area contributed by atoms with Gasteiger partial charge < -0.3 is 5.32 Å². The topological polar surface area (TPSA) is 72.7 Å². The summed E-state index contributed by atoms with van der Waals surface area (Å²) in [6, 6.07) is 16.3. The first-order chi connectivity index (χ1) is 13.1. The first-order valence-corrected chi connectivity index (χ1v) is 9.87. The van der Waals surface area contributed by atoms with Gasteiger partial charge in [0.05, 0.1) is 5.69 Å². The van der Waals surface area contributed by atoms with Gasteiger partial charge in [-0.05, 0) is 65.9 Å². The molecule has 0 saturated heterocycles. The zero-order valence-electron chi connectivity index (χ0n) is 15.3. The number of aromatic nitrogens is 4. The Morgan fingerprint density at radius 2 is 1.85 bits per heavy atom. The van der Waals surface area contributed by atoms with Crippen molar-refractivity contribution in [3.63, 3.8) is 0 Å². The molecule has 138 valence electrons. The molecule has 0 aliphatic heterocycles. The van der Waals surface area contributed by atoms with E-state index in [1.54, 1.807) is 4.68 Å². The van der Waals surface area contributed by atoms with Gasteiger partial charge >= 0.3 is 0 Å². The van der Waals surface area contributed by atoms with Gasteiger partial charge in [-0.15, -0.1) is 5.10 Å². The van der Waals surface area contributed by atoms with E-state index in [2.05, 4.69) is 26.9 Å². The molecule has 1 heterocycles. The van der Waals surface area contributed by atoms with Crippen LogP contribution in [-0.2, 0) is 4.79 Å². The van der Waals surface area contributed by atoms with E-state index in [0.717, 1.165) is 35.2 Å². The predicted octanol–water partition coefficient (Wildman–Crippen LogP) is 3.39. The van der Waals surface area contributed by atoms with Crippen molar-refractivity contribution in [1.29, 1.82) is 0 Å². The summed E-state index contributed by atoms with van der Waals surface area (Å²) in [7, 11) is 0. The van der Waals surface area contributed by atoms with Gasteiger partial charge in [-0.2, -0.15) is 4.68 Å². The van der Waals surface area contributed by atoms with Gasteiger partial charge in [-0.1, -0.05) is 48.2 Å². The van der Waals surface area contributed by atoms with Crippen LogP contribution >= 0.6 is 11.8 Å². The quantitative estimate of drug-likeness (QED) is 0.665. The lowest BCUT2D eigenvalue weighted by Crippen LogP contribution is -2.29. The number of thioether (sulfide) groups is 1. The maximum absolute atomic E-state index is 12.9. The molecule has 2 aromatic carbocycles. The number of nitrogens with zero attached hydrogens (tertiary/aromatic N) is 4. The van der Waals surface area contributed by atoms with Gasteiger partial charge in [0.2, 0.25) is 11.1 Å². The molecule has 1 saturated carbocycles. The summed E-state index contributed by atoms with van der Waals surface area (Å²) in [5.41, 5.74) is 4.12. The number of carbonyl (C=O) groups excluding carboxylic acids is 1. The molecule has 1 aliphatic rings. The highest BCUT2D eigenvalue weighted by molar-refractivity contribution is 8.00. The van der Waals surface area contributed by atoms with Crippen LogP contribution in [0, 0.1) is 13.8 Å². The summed E-state index contributed by atoms with van der Waals surface area (Å²) in [5, 5.41) is 15.5. The lowest BCUT2D eigenvalue weighted by atomic mass is 10.1. The zero-order valence-corrected chi connectivity index (χ0v) is 16.1. The van der Waals surface area contributed by atoms with E-state index in [1.807, 2.05) is 56.3 Å². The fraction of sp³-hybridized carbons (Fsp3) is 0.300. The molecule has 0 spiro atoms. The highest BCUT2D eigenvalue weighted by Crippen LogP contribution is 2.36. The molecule has 3 aromatic rings.